The van der Waals surface area contributed by atoms with Crippen molar-refractivity contribution in [1.82, 2.24) is 15.5 Å². The summed E-state index contributed by atoms with van der Waals surface area (Å²) < 4.78 is 5.49. The number of nitrogens with one attached hydrogen (secondary N) is 1. The largest absolute Gasteiger partial charge is 0.337 e. The molecule has 2 aromatic carbocycles. The Hall–Kier alpha value is -2.20. The lowest BCUT2D eigenvalue weighted by Crippen LogP contribution is -2.33. The molecule has 3 aromatic rings. The number of hydrogen-bond donors (Lipinski definition) is 1. The Labute approximate surface area is 123 Å². The van der Waals surface area contributed by atoms with E-state index in [0.717, 1.165) is 24.9 Å². The second-order valence-electron chi connectivity index (χ2n) is 5.85. The summed E-state index contributed by atoms with van der Waals surface area (Å²) in [7, 11) is 0. The van der Waals surface area contributed by atoms with Crippen molar-refractivity contribution >= 4 is 10.8 Å². The van der Waals surface area contributed by atoms with Crippen molar-refractivity contribution in [2.75, 3.05) is 6.54 Å². The molecule has 0 amide bonds. The Morgan fingerprint density at radius 1 is 1.14 bits per heavy atom. The van der Waals surface area contributed by atoms with Gasteiger partial charge in [0.05, 0.1) is 5.54 Å². The molecule has 0 saturated carbocycles. The summed E-state index contributed by atoms with van der Waals surface area (Å²) in [5.41, 5.74) is 0.813. The van der Waals surface area contributed by atoms with Crippen LogP contribution in [0.15, 0.2) is 47.0 Å². The standard InChI is InChI=1S/C17H17N3O/c1-17(9-4-10-18-17)16-19-15(20-21-16)14-8-7-12-5-2-3-6-13(12)11-14/h2-3,5-8,11,18H,4,9-10H2,1H3. The van der Waals surface area contributed by atoms with Crippen LogP contribution in [0.25, 0.3) is 22.2 Å². The van der Waals surface area contributed by atoms with Gasteiger partial charge < -0.3 is 9.84 Å². The van der Waals surface area contributed by atoms with Crippen molar-refractivity contribution in [3.8, 4) is 11.4 Å². The molecule has 4 rings (SSSR count). The third-order valence-corrected chi connectivity index (χ3v) is 4.27. The molecule has 1 aromatic heterocycles. The first kappa shape index (κ1) is 12.5. The molecule has 4 heteroatoms. The van der Waals surface area contributed by atoms with Crippen molar-refractivity contribution in [3.63, 3.8) is 0 Å². The van der Waals surface area contributed by atoms with E-state index in [1.807, 2.05) is 18.2 Å². The van der Waals surface area contributed by atoms with Gasteiger partial charge in [0.15, 0.2) is 0 Å². The van der Waals surface area contributed by atoms with Crippen LogP contribution in [0.1, 0.15) is 25.7 Å². The molecule has 4 nitrogen and oxygen atoms in total. The molecule has 106 valence electrons. The van der Waals surface area contributed by atoms with E-state index in [1.54, 1.807) is 0 Å². The fourth-order valence-electron chi connectivity index (χ4n) is 2.97. The van der Waals surface area contributed by atoms with Gasteiger partial charge in [0.25, 0.3) is 0 Å². The predicted molar refractivity (Wildman–Crippen MR) is 81.8 cm³/mol. The Balaban J connectivity index is 1.73. The topological polar surface area (TPSA) is 51.0 Å². The van der Waals surface area contributed by atoms with E-state index in [9.17, 15) is 0 Å². The normalized spacial score (nSPS) is 22.0. The summed E-state index contributed by atoms with van der Waals surface area (Å²) in [5, 5.41) is 10.0. The molecule has 1 atom stereocenters. The van der Waals surface area contributed by atoms with Gasteiger partial charge >= 0.3 is 0 Å². The predicted octanol–water partition coefficient (Wildman–Crippen LogP) is 3.49. The molecule has 1 aliphatic heterocycles. The zero-order valence-corrected chi connectivity index (χ0v) is 12.0. The number of nitrogens with zero attached hydrogens (tertiary/aromatic N) is 2. The highest BCUT2D eigenvalue weighted by Gasteiger charge is 2.35. The summed E-state index contributed by atoms with van der Waals surface area (Å²) in [5.74, 6) is 1.34. The van der Waals surface area contributed by atoms with Crippen LogP contribution in [-0.2, 0) is 5.54 Å². The van der Waals surface area contributed by atoms with Gasteiger partial charge in [-0.15, -0.1) is 0 Å². The molecule has 0 bridgehead atoms. The van der Waals surface area contributed by atoms with Crippen LogP contribution in [0.2, 0.25) is 0 Å². The van der Waals surface area contributed by atoms with Crippen LogP contribution in [0.5, 0.6) is 0 Å². The minimum absolute atomic E-state index is 0.178. The van der Waals surface area contributed by atoms with Crippen LogP contribution < -0.4 is 5.32 Å². The Kier molecular flexibility index (Phi) is 2.79. The van der Waals surface area contributed by atoms with Gasteiger partial charge in [0.2, 0.25) is 11.7 Å². The Morgan fingerprint density at radius 3 is 2.81 bits per heavy atom. The fourth-order valence-corrected chi connectivity index (χ4v) is 2.97. The van der Waals surface area contributed by atoms with Gasteiger partial charge in [-0.2, -0.15) is 4.98 Å². The highest BCUT2D eigenvalue weighted by molar-refractivity contribution is 5.86. The third kappa shape index (κ3) is 2.12. The van der Waals surface area contributed by atoms with Gasteiger partial charge in [0, 0.05) is 5.56 Å². The molecular weight excluding hydrogens is 262 g/mol. The molecule has 1 fully saturated rings. The first-order valence-corrected chi connectivity index (χ1v) is 7.33. The first-order valence-electron chi connectivity index (χ1n) is 7.33. The van der Waals surface area contributed by atoms with E-state index in [4.69, 9.17) is 4.52 Å². The smallest absolute Gasteiger partial charge is 0.246 e. The van der Waals surface area contributed by atoms with Crippen LogP contribution in [0, 0.1) is 0 Å². The molecular formula is C17H17N3O. The fraction of sp³-hybridized carbons (Fsp3) is 0.294. The van der Waals surface area contributed by atoms with Crippen molar-refractivity contribution in [2.24, 2.45) is 0 Å². The summed E-state index contributed by atoms with van der Waals surface area (Å²) >= 11 is 0. The first-order chi connectivity index (χ1) is 10.2. The van der Waals surface area contributed by atoms with Gasteiger partial charge in [-0.05, 0) is 43.1 Å². The van der Waals surface area contributed by atoms with Crippen molar-refractivity contribution in [1.29, 1.82) is 0 Å². The number of benzene rings is 2. The minimum Gasteiger partial charge on any atom is -0.337 e. The molecule has 0 spiro atoms. The Morgan fingerprint density at radius 2 is 2.00 bits per heavy atom. The molecule has 2 heterocycles. The van der Waals surface area contributed by atoms with Crippen LogP contribution in [0.3, 0.4) is 0 Å². The van der Waals surface area contributed by atoms with Crippen molar-refractivity contribution in [3.05, 3.63) is 48.4 Å². The van der Waals surface area contributed by atoms with Gasteiger partial charge in [-0.1, -0.05) is 41.6 Å². The molecule has 1 aliphatic rings. The third-order valence-electron chi connectivity index (χ3n) is 4.27. The number of rotatable bonds is 2. The number of fused-ring (bicyclic) bond motifs is 1. The van der Waals surface area contributed by atoms with E-state index in [1.165, 1.54) is 10.8 Å². The van der Waals surface area contributed by atoms with Crippen molar-refractivity contribution in [2.45, 2.75) is 25.3 Å². The van der Waals surface area contributed by atoms with E-state index >= 15 is 0 Å². The maximum atomic E-state index is 5.49. The summed E-state index contributed by atoms with van der Waals surface area (Å²) in [4.78, 5) is 4.60. The monoisotopic (exact) mass is 279 g/mol. The maximum Gasteiger partial charge on any atom is 0.246 e. The lowest BCUT2D eigenvalue weighted by Gasteiger charge is -2.18. The average Bonchev–Trinajstić information content (AvgIpc) is 3.17. The lowest BCUT2D eigenvalue weighted by atomic mass is 10.0. The van der Waals surface area contributed by atoms with Crippen LogP contribution >= 0.6 is 0 Å². The Bertz CT molecular complexity index is 787. The molecule has 21 heavy (non-hydrogen) atoms. The van der Waals surface area contributed by atoms with Crippen LogP contribution in [-0.4, -0.2) is 16.7 Å². The number of aromatic nitrogens is 2. The van der Waals surface area contributed by atoms with E-state index in [2.05, 4.69) is 46.6 Å². The second kappa shape index (κ2) is 4.67. The van der Waals surface area contributed by atoms with Gasteiger partial charge in [-0.3, -0.25) is 0 Å². The second-order valence-corrected chi connectivity index (χ2v) is 5.85. The van der Waals surface area contributed by atoms with Gasteiger partial charge in [0.1, 0.15) is 0 Å². The maximum absolute atomic E-state index is 5.49. The zero-order chi connectivity index (χ0) is 14.3. The molecule has 0 aliphatic carbocycles. The van der Waals surface area contributed by atoms with E-state index < -0.39 is 0 Å². The summed E-state index contributed by atoms with van der Waals surface area (Å²) in [6.07, 6.45) is 2.18. The van der Waals surface area contributed by atoms with E-state index in [-0.39, 0.29) is 5.54 Å². The highest BCUT2D eigenvalue weighted by atomic mass is 16.5. The van der Waals surface area contributed by atoms with Gasteiger partial charge in [-0.25, -0.2) is 0 Å². The zero-order valence-electron chi connectivity index (χ0n) is 12.0. The molecule has 0 radical (unpaired) electrons. The lowest BCUT2D eigenvalue weighted by molar-refractivity contribution is 0.275. The summed E-state index contributed by atoms with van der Waals surface area (Å²) in [6.45, 7) is 3.13. The highest BCUT2D eigenvalue weighted by Crippen LogP contribution is 2.31. The molecule has 1 N–H and O–H groups in total. The molecule has 1 saturated heterocycles. The van der Waals surface area contributed by atoms with E-state index in [0.29, 0.717) is 11.7 Å². The number of hydrogen-bond acceptors (Lipinski definition) is 4. The summed E-state index contributed by atoms with van der Waals surface area (Å²) in [6, 6.07) is 14.5. The quantitative estimate of drug-likeness (QED) is 0.780. The SMILES string of the molecule is CC1(c2nc(-c3ccc4ccccc4c3)no2)CCCN1. The average molecular weight is 279 g/mol. The minimum atomic E-state index is -0.178. The molecule has 1 unspecified atom stereocenters. The van der Waals surface area contributed by atoms with Crippen molar-refractivity contribution < 1.29 is 4.52 Å². The van der Waals surface area contributed by atoms with Crippen LogP contribution in [0.4, 0.5) is 0 Å².